The van der Waals surface area contributed by atoms with Crippen molar-refractivity contribution in [2.24, 2.45) is 0 Å². The molecule has 1 aliphatic heterocycles. The van der Waals surface area contributed by atoms with Crippen molar-refractivity contribution in [2.75, 3.05) is 13.2 Å². The first-order chi connectivity index (χ1) is 13.3. The number of nitrogens with one attached hydrogen (secondary N) is 1. The van der Waals surface area contributed by atoms with Crippen molar-refractivity contribution in [1.82, 2.24) is 9.62 Å². The number of sulfonamides is 1. The van der Waals surface area contributed by atoms with E-state index in [1.807, 2.05) is 31.2 Å². The van der Waals surface area contributed by atoms with Crippen LogP contribution in [0.5, 0.6) is 5.75 Å². The highest BCUT2D eigenvalue weighted by molar-refractivity contribution is 7.90. The van der Waals surface area contributed by atoms with E-state index in [0.717, 1.165) is 15.6 Å². The molecule has 1 atom stereocenters. The maximum atomic E-state index is 12.5. The van der Waals surface area contributed by atoms with E-state index in [2.05, 4.69) is 5.32 Å². The number of benzene rings is 2. The second-order valence-corrected chi connectivity index (χ2v) is 8.50. The fourth-order valence-electron chi connectivity index (χ4n) is 2.98. The van der Waals surface area contributed by atoms with Crippen LogP contribution < -0.4 is 10.1 Å². The molecule has 148 valence electrons. The third-order valence-electron chi connectivity index (χ3n) is 4.44. The summed E-state index contributed by atoms with van der Waals surface area (Å²) in [4.78, 5) is 24.5. The molecule has 0 aromatic heterocycles. The Morgan fingerprint density at radius 1 is 1.14 bits per heavy atom. The molecule has 2 aromatic rings. The van der Waals surface area contributed by atoms with Crippen molar-refractivity contribution in [3.05, 3.63) is 59.7 Å². The number of carbonyl (C=O) groups is 2. The van der Waals surface area contributed by atoms with Gasteiger partial charge in [-0.1, -0.05) is 30.3 Å². The molecule has 2 aromatic carbocycles. The molecule has 0 spiro atoms. The summed E-state index contributed by atoms with van der Waals surface area (Å²) in [5.41, 5.74) is 1.14. The van der Waals surface area contributed by atoms with Gasteiger partial charge in [0, 0.05) is 13.0 Å². The standard InChI is InChI=1S/C20H22N2O5S/c1-14-7-3-5-9-17(14)27-13-15(2)21-19(23)11-12-22-20(24)16-8-4-6-10-18(16)28(22,25)26/h3-10,15H,11-13H2,1-2H3,(H,21,23). The number of hydrogen-bond donors (Lipinski definition) is 1. The minimum absolute atomic E-state index is 0.0135. The van der Waals surface area contributed by atoms with E-state index in [0.29, 0.717) is 0 Å². The number of rotatable bonds is 7. The molecule has 28 heavy (non-hydrogen) atoms. The Morgan fingerprint density at radius 3 is 2.54 bits per heavy atom. The lowest BCUT2D eigenvalue weighted by molar-refractivity contribution is -0.121. The number of ether oxygens (including phenoxy) is 1. The molecule has 0 bridgehead atoms. The summed E-state index contributed by atoms with van der Waals surface area (Å²) in [6.45, 7) is 3.81. The lowest BCUT2D eigenvalue weighted by Gasteiger charge is -2.18. The highest BCUT2D eigenvalue weighted by Crippen LogP contribution is 2.29. The third kappa shape index (κ3) is 4.01. The molecule has 1 heterocycles. The Kier molecular flexibility index (Phi) is 5.69. The van der Waals surface area contributed by atoms with Crippen LogP contribution in [0.2, 0.25) is 0 Å². The number of carbonyl (C=O) groups excluding carboxylic acids is 2. The van der Waals surface area contributed by atoms with Gasteiger partial charge in [0.1, 0.15) is 17.3 Å². The van der Waals surface area contributed by atoms with Crippen LogP contribution in [0.4, 0.5) is 0 Å². The van der Waals surface area contributed by atoms with Gasteiger partial charge in [-0.2, -0.15) is 0 Å². The van der Waals surface area contributed by atoms with Crippen LogP contribution in [0, 0.1) is 6.92 Å². The Hall–Kier alpha value is -2.87. The fraction of sp³-hybridized carbons (Fsp3) is 0.300. The molecular formula is C20H22N2O5S. The van der Waals surface area contributed by atoms with Crippen LogP contribution in [0.1, 0.15) is 29.3 Å². The van der Waals surface area contributed by atoms with Crippen molar-refractivity contribution in [2.45, 2.75) is 31.2 Å². The summed E-state index contributed by atoms with van der Waals surface area (Å²) in [6, 6.07) is 13.4. The van der Waals surface area contributed by atoms with Crippen LogP contribution >= 0.6 is 0 Å². The van der Waals surface area contributed by atoms with Gasteiger partial charge in [-0.05, 0) is 37.6 Å². The van der Waals surface area contributed by atoms with E-state index in [4.69, 9.17) is 4.74 Å². The smallest absolute Gasteiger partial charge is 0.269 e. The zero-order valence-electron chi connectivity index (χ0n) is 15.7. The Morgan fingerprint density at radius 2 is 1.82 bits per heavy atom. The van der Waals surface area contributed by atoms with Crippen molar-refractivity contribution in [3.8, 4) is 5.75 Å². The van der Waals surface area contributed by atoms with E-state index >= 15 is 0 Å². The van der Waals surface area contributed by atoms with Crippen molar-refractivity contribution in [1.29, 1.82) is 0 Å². The molecule has 7 nitrogen and oxygen atoms in total. The van der Waals surface area contributed by atoms with E-state index in [1.165, 1.54) is 12.1 Å². The lowest BCUT2D eigenvalue weighted by Crippen LogP contribution is -2.39. The van der Waals surface area contributed by atoms with Crippen LogP contribution in [0.25, 0.3) is 0 Å². The lowest BCUT2D eigenvalue weighted by atomic mass is 10.2. The molecule has 3 rings (SSSR count). The predicted molar refractivity (Wildman–Crippen MR) is 104 cm³/mol. The normalized spacial score (nSPS) is 15.8. The topological polar surface area (TPSA) is 92.8 Å². The first-order valence-electron chi connectivity index (χ1n) is 8.94. The first-order valence-corrected chi connectivity index (χ1v) is 10.4. The van der Waals surface area contributed by atoms with Gasteiger partial charge in [0.05, 0.1) is 11.6 Å². The molecular weight excluding hydrogens is 380 g/mol. The minimum Gasteiger partial charge on any atom is -0.491 e. The van der Waals surface area contributed by atoms with Gasteiger partial charge >= 0.3 is 0 Å². The van der Waals surface area contributed by atoms with Crippen molar-refractivity contribution in [3.63, 3.8) is 0 Å². The highest BCUT2D eigenvalue weighted by Gasteiger charge is 2.40. The zero-order valence-corrected chi connectivity index (χ0v) is 16.5. The summed E-state index contributed by atoms with van der Waals surface area (Å²) in [5.74, 6) is -0.200. The second kappa shape index (κ2) is 8.02. The number of amides is 2. The van der Waals surface area contributed by atoms with Crippen LogP contribution in [-0.2, 0) is 14.8 Å². The van der Waals surface area contributed by atoms with Crippen molar-refractivity contribution < 1.29 is 22.7 Å². The SMILES string of the molecule is Cc1ccccc1OCC(C)NC(=O)CCN1C(=O)c2ccccc2S1(=O)=O. The van der Waals surface area contributed by atoms with Gasteiger partial charge in [0.25, 0.3) is 15.9 Å². The van der Waals surface area contributed by atoms with Gasteiger partial charge in [-0.25, -0.2) is 12.7 Å². The zero-order chi connectivity index (χ0) is 20.3. The van der Waals surface area contributed by atoms with Gasteiger partial charge in [-0.15, -0.1) is 0 Å². The molecule has 1 N–H and O–H groups in total. The largest absolute Gasteiger partial charge is 0.491 e. The molecule has 2 amide bonds. The monoisotopic (exact) mass is 402 g/mol. The van der Waals surface area contributed by atoms with E-state index < -0.39 is 15.9 Å². The summed E-state index contributed by atoms with van der Waals surface area (Å²) in [7, 11) is -3.89. The molecule has 0 aliphatic carbocycles. The second-order valence-electron chi connectivity index (χ2n) is 6.67. The third-order valence-corrected chi connectivity index (χ3v) is 6.28. The van der Waals surface area contributed by atoms with E-state index in [-0.39, 0.29) is 42.0 Å². The van der Waals surface area contributed by atoms with E-state index in [9.17, 15) is 18.0 Å². The number of fused-ring (bicyclic) bond motifs is 1. The summed E-state index contributed by atoms with van der Waals surface area (Å²) in [6.07, 6.45) is -0.117. The summed E-state index contributed by atoms with van der Waals surface area (Å²) in [5, 5.41) is 2.76. The Balaban J connectivity index is 1.52. The Bertz CT molecular complexity index is 1000. The number of hydrogen-bond acceptors (Lipinski definition) is 5. The molecule has 1 unspecified atom stereocenters. The number of para-hydroxylation sites is 1. The predicted octanol–water partition coefficient (Wildman–Crippen LogP) is 2.11. The average Bonchev–Trinajstić information content (AvgIpc) is 2.86. The van der Waals surface area contributed by atoms with Crippen LogP contribution in [0.3, 0.4) is 0 Å². The molecule has 0 saturated carbocycles. The molecule has 8 heteroatoms. The van der Waals surface area contributed by atoms with Gasteiger partial charge in [0.2, 0.25) is 5.91 Å². The Labute approximate surface area is 164 Å². The molecule has 0 radical (unpaired) electrons. The number of nitrogens with zero attached hydrogens (tertiary/aromatic N) is 1. The van der Waals surface area contributed by atoms with Gasteiger partial charge in [-0.3, -0.25) is 9.59 Å². The van der Waals surface area contributed by atoms with Gasteiger partial charge in [0.15, 0.2) is 0 Å². The highest BCUT2D eigenvalue weighted by atomic mass is 32.2. The molecule has 1 aliphatic rings. The summed E-state index contributed by atoms with van der Waals surface area (Å²) < 4.78 is 31.4. The fourth-order valence-corrected chi connectivity index (χ4v) is 4.55. The summed E-state index contributed by atoms with van der Waals surface area (Å²) >= 11 is 0. The number of aryl methyl sites for hydroxylation is 1. The van der Waals surface area contributed by atoms with Crippen LogP contribution in [-0.4, -0.2) is 43.7 Å². The van der Waals surface area contributed by atoms with Gasteiger partial charge < -0.3 is 10.1 Å². The van der Waals surface area contributed by atoms with E-state index in [1.54, 1.807) is 19.1 Å². The molecule has 0 saturated heterocycles. The quantitative estimate of drug-likeness (QED) is 0.766. The maximum absolute atomic E-state index is 12.5. The first kappa shape index (κ1) is 19.9. The molecule has 0 fully saturated rings. The minimum atomic E-state index is -3.89. The van der Waals surface area contributed by atoms with Crippen LogP contribution in [0.15, 0.2) is 53.4 Å². The maximum Gasteiger partial charge on any atom is 0.269 e. The average molecular weight is 402 g/mol. The van der Waals surface area contributed by atoms with Crippen molar-refractivity contribution >= 4 is 21.8 Å².